The smallest absolute Gasteiger partial charge is 0.258 e. The third-order valence-electron chi connectivity index (χ3n) is 4.64. The number of anilines is 2. The highest BCUT2D eigenvalue weighted by Gasteiger charge is 2.11. The Morgan fingerprint density at radius 2 is 1.72 bits per heavy atom. The molecule has 3 rings (SSSR count). The minimum atomic E-state index is -0.344. The Bertz CT molecular complexity index is 1090. The number of hydrogen-bond donors (Lipinski definition) is 3. The van der Waals surface area contributed by atoms with Crippen LogP contribution in [0.3, 0.4) is 0 Å². The fraction of sp³-hybridized carbons (Fsp3) is 0.200. The Kier molecular flexibility index (Phi) is 7.70. The molecule has 0 spiro atoms. The van der Waals surface area contributed by atoms with Gasteiger partial charge in [-0.3, -0.25) is 19.9 Å². The van der Waals surface area contributed by atoms with Crippen molar-refractivity contribution < 1.29 is 9.59 Å². The van der Waals surface area contributed by atoms with E-state index in [1.807, 2.05) is 42.5 Å². The molecule has 3 N–H and O–H groups in total. The monoisotopic (exact) mass is 429 g/mol. The first-order valence-corrected chi connectivity index (χ1v) is 10.4. The number of aromatic nitrogens is 1. The number of nitrogens with one attached hydrogen (secondary N) is 3. The summed E-state index contributed by atoms with van der Waals surface area (Å²) in [5.41, 5.74) is 3.76. The second-order valence-corrected chi connectivity index (χ2v) is 7.60. The van der Waals surface area contributed by atoms with Gasteiger partial charge in [-0.15, -0.1) is 0 Å². The summed E-state index contributed by atoms with van der Waals surface area (Å²) in [6.45, 7) is 6.00. The lowest BCUT2D eigenvalue weighted by molar-refractivity contribution is -0.114. The van der Waals surface area contributed by atoms with Crippen LogP contribution in [-0.2, 0) is 11.3 Å². The first-order valence-electron chi connectivity index (χ1n) is 10.4. The Hall–Kier alpha value is -4.00. The maximum Gasteiger partial charge on any atom is 0.258 e. The average Bonchev–Trinajstić information content (AvgIpc) is 2.78. The van der Waals surface area contributed by atoms with Gasteiger partial charge in [0.15, 0.2) is 0 Å². The van der Waals surface area contributed by atoms with Crippen molar-refractivity contribution in [2.75, 3.05) is 10.6 Å². The summed E-state index contributed by atoms with van der Waals surface area (Å²) in [4.78, 5) is 33.0. The first-order chi connectivity index (χ1) is 15.4. The molecule has 0 saturated heterocycles. The molecule has 0 unspecified atom stereocenters. The van der Waals surface area contributed by atoms with Crippen molar-refractivity contribution in [3.8, 4) is 0 Å². The molecule has 0 fully saturated rings. The van der Waals surface area contributed by atoms with Crippen LogP contribution >= 0.6 is 0 Å². The summed E-state index contributed by atoms with van der Waals surface area (Å²) >= 11 is 0. The number of rotatable bonds is 6. The van der Waals surface area contributed by atoms with Gasteiger partial charge in [-0.2, -0.15) is 0 Å². The number of benzene rings is 2. The lowest BCUT2D eigenvalue weighted by Gasteiger charge is -2.13. The highest BCUT2D eigenvalue weighted by atomic mass is 16.2. The van der Waals surface area contributed by atoms with Gasteiger partial charge in [0, 0.05) is 30.1 Å². The van der Waals surface area contributed by atoms with E-state index in [-0.39, 0.29) is 11.8 Å². The largest absolute Gasteiger partial charge is 0.326 e. The SMILES string of the molecule is CC(=O)Nc1cccc(C(=O)NC(=NCc2ccccn2)Nc2ccc(C(C)C)cc2)c1. The minimum Gasteiger partial charge on any atom is -0.326 e. The van der Waals surface area contributed by atoms with E-state index in [0.29, 0.717) is 29.7 Å². The molecule has 0 aliphatic carbocycles. The van der Waals surface area contributed by atoms with Gasteiger partial charge in [-0.25, -0.2) is 4.99 Å². The molecule has 0 atom stereocenters. The van der Waals surface area contributed by atoms with Crippen molar-refractivity contribution in [2.45, 2.75) is 33.2 Å². The van der Waals surface area contributed by atoms with Crippen LogP contribution in [0.4, 0.5) is 11.4 Å². The van der Waals surface area contributed by atoms with Crippen molar-refractivity contribution >= 4 is 29.1 Å². The Balaban J connectivity index is 1.80. The Morgan fingerprint density at radius 1 is 0.938 bits per heavy atom. The molecule has 0 aliphatic rings. The molecular weight excluding hydrogens is 402 g/mol. The van der Waals surface area contributed by atoms with Crippen LogP contribution in [0.5, 0.6) is 0 Å². The zero-order valence-corrected chi connectivity index (χ0v) is 18.4. The highest BCUT2D eigenvalue weighted by Crippen LogP contribution is 2.17. The predicted octanol–water partition coefficient (Wildman–Crippen LogP) is 4.56. The number of guanidine groups is 1. The van der Waals surface area contributed by atoms with E-state index >= 15 is 0 Å². The molecule has 1 heterocycles. The molecule has 0 bridgehead atoms. The van der Waals surface area contributed by atoms with Gasteiger partial charge in [0.1, 0.15) is 0 Å². The van der Waals surface area contributed by atoms with Crippen molar-refractivity contribution in [3.05, 3.63) is 89.7 Å². The highest BCUT2D eigenvalue weighted by molar-refractivity contribution is 6.10. The van der Waals surface area contributed by atoms with Crippen LogP contribution in [0, 0.1) is 0 Å². The second-order valence-electron chi connectivity index (χ2n) is 7.60. The molecular formula is C25H27N5O2. The zero-order valence-electron chi connectivity index (χ0n) is 18.4. The predicted molar refractivity (Wildman–Crippen MR) is 128 cm³/mol. The van der Waals surface area contributed by atoms with Gasteiger partial charge >= 0.3 is 0 Å². The van der Waals surface area contributed by atoms with Gasteiger partial charge in [-0.1, -0.05) is 38.1 Å². The number of amides is 2. The van der Waals surface area contributed by atoms with Crippen LogP contribution in [0.25, 0.3) is 0 Å². The molecule has 0 saturated carbocycles. The number of pyridine rings is 1. The topological polar surface area (TPSA) is 95.5 Å². The van der Waals surface area contributed by atoms with Crippen molar-refractivity contribution in [2.24, 2.45) is 4.99 Å². The molecule has 3 aromatic rings. The fourth-order valence-corrected chi connectivity index (χ4v) is 2.97. The molecule has 1 aromatic heterocycles. The van der Waals surface area contributed by atoms with Crippen molar-refractivity contribution in [3.63, 3.8) is 0 Å². The standard InChI is InChI=1S/C25H27N5O2/c1-17(2)19-10-12-21(13-11-19)29-25(27-16-23-8-4-5-14-26-23)30-24(32)20-7-6-9-22(15-20)28-18(3)31/h4-15,17H,16H2,1-3H3,(H,28,31)(H2,27,29,30,32). The zero-order chi connectivity index (χ0) is 22.9. The summed E-state index contributed by atoms with van der Waals surface area (Å²) in [6.07, 6.45) is 1.70. The fourth-order valence-electron chi connectivity index (χ4n) is 2.97. The molecule has 7 nitrogen and oxygen atoms in total. The van der Waals surface area contributed by atoms with E-state index in [1.165, 1.54) is 12.5 Å². The maximum atomic E-state index is 12.9. The van der Waals surface area contributed by atoms with E-state index in [9.17, 15) is 9.59 Å². The molecule has 0 aliphatic heterocycles. The van der Waals surface area contributed by atoms with E-state index in [1.54, 1.807) is 30.5 Å². The first kappa shape index (κ1) is 22.7. The minimum absolute atomic E-state index is 0.202. The average molecular weight is 430 g/mol. The Labute approximate surface area is 188 Å². The summed E-state index contributed by atoms with van der Waals surface area (Å²) in [7, 11) is 0. The van der Waals surface area contributed by atoms with E-state index in [2.05, 4.69) is 39.8 Å². The van der Waals surface area contributed by atoms with Gasteiger partial charge in [0.05, 0.1) is 12.2 Å². The van der Waals surface area contributed by atoms with Crippen LogP contribution < -0.4 is 16.0 Å². The van der Waals surface area contributed by atoms with Gasteiger partial charge in [-0.05, 0) is 53.9 Å². The van der Waals surface area contributed by atoms with E-state index in [4.69, 9.17) is 0 Å². The number of carbonyl (C=O) groups is 2. The van der Waals surface area contributed by atoms with Gasteiger partial charge in [0.2, 0.25) is 11.9 Å². The molecule has 2 aromatic carbocycles. The van der Waals surface area contributed by atoms with Crippen LogP contribution in [0.15, 0.2) is 77.9 Å². The van der Waals surface area contributed by atoms with E-state index < -0.39 is 0 Å². The number of aliphatic imine (C=N–C) groups is 1. The third kappa shape index (κ3) is 6.77. The maximum absolute atomic E-state index is 12.9. The molecule has 2 amide bonds. The molecule has 7 heteroatoms. The summed E-state index contributed by atoms with van der Waals surface area (Å²) in [5.74, 6) is 0.190. The molecule has 32 heavy (non-hydrogen) atoms. The number of nitrogens with zero attached hydrogens (tertiary/aromatic N) is 2. The quantitative estimate of drug-likeness (QED) is 0.395. The lowest BCUT2D eigenvalue weighted by Crippen LogP contribution is -2.36. The van der Waals surface area contributed by atoms with Gasteiger partial charge in [0.25, 0.3) is 5.91 Å². The lowest BCUT2D eigenvalue weighted by atomic mass is 10.0. The number of hydrogen-bond acceptors (Lipinski definition) is 4. The molecule has 164 valence electrons. The van der Waals surface area contributed by atoms with Crippen LogP contribution in [0.1, 0.15) is 48.3 Å². The van der Waals surface area contributed by atoms with E-state index in [0.717, 1.165) is 11.4 Å². The summed E-state index contributed by atoms with van der Waals surface area (Å²) in [5, 5.41) is 8.69. The summed E-state index contributed by atoms with van der Waals surface area (Å²) < 4.78 is 0. The van der Waals surface area contributed by atoms with Crippen molar-refractivity contribution in [1.29, 1.82) is 0 Å². The second kappa shape index (κ2) is 10.9. The van der Waals surface area contributed by atoms with Gasteiger partial charge < -0.3 is 10.6 Å². The van der Waals surface area contributed by atoms with Crippen molar-refractivity contribution in [1.82, 2.24) is 10.3 Å². The third-order valence-corrected chi connectivity index (χ3v) is 4.64. The Morgan fingerprint density at radius 3 is 2.38 bits per heavy atom. The number of carbonyl (C=O) groups excluding carboxylic acids is 2. The van der Waals surface area contributed by atoms with Crippen LogP contribution in [-0.4, -0.2) is 22.8 Å². The van der Waals surface area contributed by atoms with Crippen LogP contribution in [0.2, 0.25) is 0 Å². The summed E-state index contributed by atoms with van der Waals surface area (Å²) in [6, 6.07) is 20.3. The normalized spacial score (nSPS) is 11.2. The molecule has 0 radical (unpaired) electrons.